The van der Waals surface area contributed by atoms with Crippen molar-refractivity contribution >= 4 is 23.6 Å². The summed E-state index contributed by atoms with van der Waals surface area (Å²) in [7, 11) is 0. The molecule has 2 rings (SSSR count). The number of urea groups is 1. The van der Waals surface area contributed by atoms with Crippen molar-refractivity contribution in [1.29, 1.82) is 0 Å². The van der Waals surface area contributed by atoms with Crippen molar-refractivity contribution in [1.82, 2.24) is 5.32 Å². The van der Waals surface area contributed by atoms with Crippen molar-refractivity contribution in [3.8, 4) is 11.5 Å². The summed E-state index contributed by atoms with van der Waals surface area (Å²) in [6.07, 6.45) is 0.0486. The third kappa shape index (κ3) is 7.65. The van der Waals surface area contributed by atoms with E-state index in [1.54, 1.807) is 18.2 Å². The first-order valence-corrected chi connectivity index (χ1v) is 10.0. The van der Waals surface area contributed by atoms with Crippen LogP contribution in [-0.2, 0) is 20.7 Å². The minimum Gasteiger partial charge on any atom is -0.490 e. The van der Waals surface area contributed by atoms with Gasteiger partial charge in [0.05, 0.1) is 19.6 Å². The van der Waals surface area contributed by atoms with Gasteiger partial charge in [0.2, 0.25) is 0 Å². The van der Waals surface area contributed by atoms with Gasteiger partial charge in [-0.25, -0.2) is 4.79 Å². The van der Waals surface area contributed by atoms with Crippen LogP contribution < -0.4 is 20.1 Å². The maximum absolute atomic E-state index is 12.1. The molecule has 0 saturated carbocycles. The number of benzene rings is 2. The zero-order valence-electron chi connectivity index (χ0n) is 18.2. The van der Waals surface area contributed by atoms with Crippen molar-refractivity contribution in [2.75, 3.05) is 25.1 Å². The van der Waals surface area contributed by atoms with Crippen LogP contribution >= 0.6 is 0 Å². The van der Waals surface area contributed by atoms with E-state index in [4.69, 9.17) is 14.2 Å². The molecule has 0 radical (unpaired) electrons. The van der Waals surface area contributed by atoms with Gasteiger partial charge in [-0.1, -0.05) is 18.2 Å². The molecule has 0 atom stereocenters. The Bertz CT molecular complexity index is 942. The van der Waals surface area contributed by atoms with Crippen LogP contribution in [0.5, 0.6) is 11.5 Å². The van der Waals surface area contributed by atoms with Gasteiger partial charge < -0.3 is 19.5 Å². The molecule has 0 aliphatic heterocycles. The summed E-state index contributed by atoms with van der Waals surface area (Å²) in [6, 6.07) is 9.81. The Kier molecular flexibility index (Phi) is 8.87. The lowest BCUT2D eigenvalue weighted by atomic mass is 10.0. The summed E-state index contributed by atoms with van der Waals surface area (Å²) in [5, 5.41) is 4.65. The van der Waals surface area contributed by atoms with Crippen LogP contribution in [0, 0.1) is 13.8 Å². The van der Waals surface area contributed by atoms with Crippen LogP contribution in [0.15, 0.2) is 36.4 Å². The molecule has 0 fully saturated rings. The molecule has 2 N–H and O–H groups in total. The highest BCUT2D eigenvalue weighted by molar-refractivity contribution is 6.02. The SMILES string of the molecule is CCOc1ccc(NC(=O)NC(=O)COC(=O)Cc2ccc(C)c(C)c2)cc1OCC. The Balaban J connectivity index is 1.82. The van der Waals surface area contributed by atoms with Crippen LogP contribution in [0.25, 0.3) is 0 Å². The van der Waals surface area contributed by atoms with E-state index in [0.29, 0.717) is 30.4 Å². The number of imide groups is 1. The molecule has 0 aliphatic carbocycles. The molecule has 8 nitrogen and oxygen atoms in total. The number of aryl methyl sites for hydroxylation is 2. The molecule has 3 amide bonds. The first-order valence-electron chi connectivity index (χ1n) is 10.0. The molecule has 2 aromatic rings. The van der Waals surface area contributed by atoms with Crippen LogP contribution in [0.1, 0.15) is 30.5 Å². The third-order valence-electron chi connectivity index (χ3n) is 4.34. The minimum absolute atomic E-state index is 0.0486. The number of rotatable bonds is 9. The summed E-state index contributed by atoms with van der Waals surface area (Å²) < 4.78 is 15.9. The number of carbonyl (C=O) groups is 3. The van der Waals surface area contributed by atoms with Gasteiger partial charge in [0.1, 0.15) is 0 Å². The van der Waals surface area contributed by atoms with Crippen LogP contribution in [0.2, 0.25) is 0 Å². The lowest BCUT2D eigenvalue weighted by molar-refractivity contribution is -0.147. The Morgan fingerprint density at radius 2 is 1.58 bits per heavy atom. The number of carbonyl (C=O) groups excluding carboxylic acids is 3. The largest absolute Gasteiger partial charge is 0.490 e. The fraction of sp³-hybridized carbons (Fsp3) is 0.348. The molecule has 0 aromatic heterocycles. The van der Waals surface area contributed by atoms with E-state index in [1.807, 2.05) is 45.9 Å². The summed E-state index contributed by atoms with van der Waals surface area (Å²) in [6.45, 7) is 7.99. The molecule has 0 heterocycles. The second-order valence-electron chi connectivity index (χ2n) is 6.79. The van der Waals surface area contributed by atoms with Gasteiger partial charge in [-0.3, -0.25) is 14.9 Å². The number of amides is 3. The second kappa shape index (κ2) is 11.6. The fourth-order valence-electron chi connectivity index (χ4n) is 2.73. The monoisotopic (exact) mass is 428 g/mol. The van der Waals surface area contributed by atoms with Gasteiger partial charge in [-0.15, -0.1) is 0 Å². The molecule has 0 saturated heterocycles. The van der Waals surface area contributed by atoms with Crippen LogP contribution in [0.3, 0.4) is 0 Å². The quantitative estimate of drug-likeness (QED) is 0.592. The average Bonchev–Trinajstić information content (AvgIpc) is 2.71. The lowest BCUT2D eigenvalue weighted by Crippen LogP contribution is -2.37. The van der Waals surface area contributed by atoms with Crippen molar-refractivity contribution < 1.29 is 28.6 Å². The Morgan fingerprint density at radius 1 is 0.871 bits per heavy atom. The normalized spacial score (nSPS) is 10.2. The molecule has 166 valence electrons. The van der Waals surface area contributed by atoms with Gasteiger partial charge in [0.25, 0.3) is 5.91 Å². The summed E-state index contributed by atoms with van der Waals surface area (Å²) >= 11 is 0. The number of hydrogen-bond donors (Lipinski definition) is 2. The van der Waals surface area contributed by atoms with Crippen molar-refractivity contribution in [2.24, 2.45) is 0 Å². The average molecular weight is 428 g/mol. The number of anilines is 1. The van der Waals surface area contributed by atoms with E-state index in [9.17, 15) is 14.4 Å². The lowest BCUT2D eigenvalue weighted by Gasteiger charge is -2.13. The third-order valence-corrected chi connectivity index (χ3v) is 4.34. The maximum atomic E-state index is 12.1. The Hall–Kier alpha value is -3.55. The zero-order valence-corrected chi connectivity index (χ0v) is 18.2. The Labute approximate surface area is 181 Å². The van der Waals surface area contributed by atoms with Crippen molar-refractivity contribution in [3.63, 3.8) is 0 Å². The topological polar surface area (TPSA) is 103 Å². The van der Waals surface area contributed by atoms with E-state index in [0.717, 1.165) is 16.7 Å². The minimum atomic E-state index is -0.748. The molecule has 2 aromatic carbocycles. The fourth-order valence-corrected chi connectivity index (χ4v) is 2.73. The second-order valence-corrected chi connectivity index (χ2v) is 6.79. The molecule has 0 unspecified atom stereocenters. The zero-order chi connectivity index (χ0) is 22.8. The molecule has 0 bridgehead atoms. The standard InChI is InChI=1S/C23H28N2O6/c1-5-29-19-10-9-18(13-20(19)30-6-2)24-23(28)25-21(26)14-31-22(27)12-17-8-7-15(3)16(4)11-17/h7-11,13H,5-6,12,14H2,1-4H3,(H2,24,25,26,28). The van der Waals surface area contributed by atoms with E-state index >= 15 is 0 Å². The molecular formula is C23H28N2O6. The van der Waals surface area contributed by atoms with Gasteiger partial charge in [0.15, 0.2) is 18.1 Å². The Morgan fingerprint density at radius 3 is 2.26 bits per heavy atom. The summed E-state index contributed by atoms with van der Waals surface area (Å²) in [4.78, 5) is 35.9. The summed E-state index contributed by atoms with van der Waals surface area (Å²) in [5.74, 6) is -0.246. The number of nitrogens with one attached hydrogen (secondary N) is 2. The van der Waals surface area contributed by atoms with Gasteiger partial charge in [-0.05, 0) is 56.5 Å². The highest BCUT2D eigenvalue weighted by atomic mass is 16.5. The number of esters is 1. The molecule has 31 heavy (non-hydrogen) atoms. The van der Waals surface area contributed by atoms with E-state index in [1.165, 1.54) is 0 Å². The number of ether oxygens (including phenoxy) is 3. The van der Waals surface area contributed by atoms with Crippen molar-refractivity contribution in [2.45, 2.75) is 34.1 Å². The first kappa shape index (κ1) is 23.7. The highest BCUT2D eigenvalue weighted by Gasteiger charge is 2.13. The molecule has 0 spiro atoms. The predicted octanol–water partition coefficient (Wildman–Crippen LogP) is 3.53. The smallest absolute Gasteiger partial charge is 0.325 e. The van der Waals surface area contributed by atoms with Crippen molar-refractivity contribution in [3.05, 3.63) is 53.1 Å². The molecular weight excluding hydrogens is 400 g/mol. The number of hydrogen-bond acceptors (Lipinski definition) is 6. The maximum Gasteiger partial charge on any atom is 0.325 e. The predicted molar refractivity (Wildman–Crippen MR) is 117 cm³/mol. The highest BCUT2D eigenvalue weighted by Crippen LogP contribution is 2.30. The molecule has 8 heteroatoms. The van der Waals surface area contributed by atoms with Crippen LogP contribution in [0.4, 0.5) is 10.5 Å². The van der Waals surface area contributed by atoms with E-state index in [-0.39, 0.29) is 6.42 Å². The van der Waals surface area contributed by atoms with Crippen LogP contribution in [-0.4, -0.2) is 37.7 Å². The first-order chi connectivity index (χ1) is 14.8. The van der Waals surface area contributed by atoms with E-state index in [2.05, 4.69) is 10.6 Å². The van der Waals surface area contributed by atoms with E-state index < -0.39 is 24.5 Å². The van der Waals surface area contributed by atoms with Gasteiger partial charge in [-0.2, -0.15) is 0 Å². The summed E-state index contributed by atoms with van der Waals surface area (Å²) in [5.41, 5.74) is 3.42. The molecule has 0 aliphatic rings. The van der Waals surface area contributed by atoms with Gasteiger partial charge >= 0.3 is 12.0 Å². The van der Waals surface area contributed by atoms with Gasteiger partial charge in [0, 0.05) is 11.8 Å².